The van der Waals surface area contributed by atoms with E-state index in [1.165, 1.54) is 31.1 Å². The van der Waals surface area contributed by atoms with Crippen LogP contribution in [0.5, 0.6) is 6.01 Å². The molecule has 2 saturated heterocycles. The summed E-state index contributed by atoms with van der Waals surface area (Å²) >= 11 is 0. The number of benzene rings is 1. The molecule has 6 rings (SSSR count). The van der Waals surface area contributed by atoms with E-state index >= 15 is 0 Å². The van der Waals surface area contributed by atoms with Gasteiger partial charge in [0.15, 0.2) is 0 Å². The van der Waals surface area contributed by atoms with Gasteiger partial charge >= 0.3 is 12.2 Å². The van der Waals surface area contributed by atoms with Crippen LogP contribution in [-0.2, 0) is 23.9 Å². The standard InChI is InChI=1S/C31H36F3N7O2/c1-3-27(42)41-17-16-39(19-22(41)18-35-2)28-23-10-15-38(26-9-5-4-8-24(26)31(32,33)34)20-25(23)36-29(37-28)43-21-30(11-12-30)40-13-6-7-14-40/h3-5,8-9,22H,1,6-7,10-21H2/t22-/m0/s1. The third-order valence-corrected chi connectivity index (χ3v) is 9.19. The fraction of sp³-hybridized carbons (Fsp3) is 0.548. The zero-order chi connectivity index (χ0) is 30.2. The van der Waals surface area contributed by atoms with Crippen molar-refractivity contribution in [2.45, 2.75) is 56.4 Å². The molecule has 0 bridgehead atoms. The van der Waals surface area contributed by atoms with E-state index in [0.29, 0.717) is 50.7 Å². The molecule has 1 aromatic carbocycles. The Labute approximate surface area is 249 Å². The Balaban J connectivity index is 1.32. The second kappa shape index (κ2) is 11.7. The Kier molecular flexibility index (Phi) is 7.94. The molecule has 4 heterocycles. The maximum absolute atomic E-state index is 13.9. The number of amides is 1. The van der Waals surface area contributed by atoms with E-state index in [1.807, 2.05) is 0 Å². The molecule has 0 spiro atoms. The van der Waals surface area contributed by atoms with Crippen molar-refractivity contribution in [2.75, 3.05) is 62.2 Å². The first-order chi connectivity index (χ1) is 20.7. The summed E-state index contributed by atoms with van der Waals surface area (Å²) in [5.74, 6) is 0.466. The Morgan fingerprint density at radius 3 is 2.58 bits per heavy atom. The molecule has 4 aliphatic rings. The molecule has 9 nitrogen and oxygen atoms in total. The summed E-state index contributed by atoms with van der Waals surface area (Å²) < 4.78 is 48.0. The molecule has 0 N–H and O–H groups in total. The van der Waals surface area contributed by atoms with E-state index in [9.17, 15) is 18.0 Å². The van der Waals surface area contributed by atoms with Crippen LogP contribution in [0.4, 0.5) is 24.7 Å². The Morgan fingerprint density at radius 2 is 1.88 bits per heavy atom. The second-order valence-corrected chi connectivity index (χ2v) is 11.8. The van der Waals surface area contributed by atoms with Crippen molar-refractivity contribution in [3.63, 3.8) is 0 Å². The van der Waals surface area contributed by atoms with E-state index in [1.54, 1.807) is 15.9 Å². The number of fused-ring (bicyclic) bond motifs is 1. The van der Waals surface area contributed by atoms with E-state index in [2.05, 4.69) is 21.2 Å². The molecular formula is C31H36F3N7O2. The highest BCUT2D eigenvalue weighted by Crippen LogP contribution is 2.44. The van der Waals surface area contributed by atoms with E-state index < -0.39 is 11.7 Å². The van der Waals surface area contributed by atoms with Gasteiger partial charge in [-0.15, -0.1) is 0 Å². The molecule has 0 unspecified atom stereocenters. The van der Waals surface area contributed by atoms with Gasteiger partial charge in [0.2, 0.25) is 12.5 Å². The fourth-order valence-electron chi connectivity index (χ4n) is 6.71. The molecule has 1 amide bonds. The van der Waals surface area contributed by atoms with Gasteiger partial charge in [0.05, 0.1) is 23.3 Å². The monoisotopic (exact) mass is 595 g/mol. The normalized spacial score (nSPS) is 21.7. The maximum atomic E-state index is 13.9. The van der Waals surface area contributed by atoms with Crippen LogP contribution in [-0.4, -0.2) is 89.7 Å². The van der Waals surface area contributed by atoms with Crippen LogP contribution >= 0.6 is 0 Å². The summed E-state index contributed by atoms with van der Waals surface area (Å²) in [4.78, 5) is 33.7. The van der Waals surface area contributed by atoms with Crippen molar-refractivity contribution in [1.29, 1.82) is 0 Å². The number of carbonyl (C=O) groups excluding carboxylic acids is 1. The van der Waals surface area contributed by atoms with Gasteiger partial charge in [-0.2, -0.15) is 23.1 Å². The SMILES string of the molecule is [C-]#[N+]C[C@H]1CN(c2nc(OCC3(N4CCCC4)CC3)nc3c2CCN(c2ccccc2C(F)(F)F)C3)CCN1C(=O)C=C. The van der Waals surface area contributed by atoms with Gasteiger partial charge in [-0.1, -0.05) is 18.7 Å². The number of likely N-dealkylation sites (tertiary alicyclic amines) is 1. The molecule has 228 valence electrons. The van der Waals surface area contributed by atoms with Gasteiger partial charge in [0.25, 0.3) is 0 Å². The smallest absolute Gasteiger partial charge is 0.418 e. The number of rotatable bonds is 8. The number of para-hydroxylation sites is 1. The van der Waals surface area contributed by atoms with Crippen LogP contribution in [0.25, 0.3) is 4.85 Å². The minimum atomic E-state index is -4.48. The lowest BCUT2D eigenvalue weighted by atomic mass is 10.0. The molecule has 1 aromatic heterocycles. The highest BCUT2D eigenvalue weighted by molar-refractivity contribution is 5.87. The Bertz CT molecular complexity index is 1420. The van der Waals surface area contributed by atoms with Crippen molar-refractivity contribution in [1.82, 2.24) is 19.8 Å². The minimum absolute atomic E-state index is 0.00497. The van der Waals surface area contributed by atoms with Crippen molar-refractivity contribution in [3.05, 3.63) is 65.2 Å². The second-order valence-electron chi connectivity index (χ2n) is 11.8. The summed E-state index contributed by atoms with van der Waals surface area (Å²) in [5.41, 5.74) is 0.975. The molecule has 1 atom stereocenters. The van der Waals surface area contributed by atoms with Gasteiger partial charge < -0.3 is 24.3 Å². The molecule has 3 fully saturated rings. The molecule has 3 aliphatic heterocycles. The predicted octanol–water partition coefficient (Wildman–Crippen LogP) is 4.19. The first-order valence-electron chi connectivity index (χ1n) is 14.9. The number of aromatic nitrogens is 2. The minimum Gasteiger partial charge on any atom is -0.461 e. The number of hydrogen-bond acceptors (Lipinski definition) is 7. The first kappa shape index (κ1) is 29.2. The largest absolute Gasteiger partial charge is 0.461 e. The average Bonchev–Trinajstić information content (AvgIpc) is 3.59. The summed E-state index contributed by atoms with van der Waals surface area (Å²) in [5, 5.41) is 0. The lowest BCUT2D eigenvalue weighted by Crippen LogP contribution is -2.56. The quantitative estimate of drug-likeness (QED) is 0.335. The van der Waals surface area contributed by atoms with Gasteiger partial charge in [-0.3, -0.25) is 9.69 Å². The summed E-state index contributed by atoms with van der Waals surface area (Å²) in [7, 11) is 0. The molecule has 43 heavy (non-hydrogen) atoms. The Morgan fingerprint density at radius 1 is 1.12 bits per heavy atom. The van der Waals surface area contributed by atoms with Gasteiger partial charge in [0.1, 0.15) is 18.5 Å². The van der Waals surface area contributed by atoms with Gasteiger partial charge in [0, 0.05) is 37.4 Å². The molecule has 1 saturated carbocycles. The van der Waals surface area contributed by atoms with Crippen LogP contribution in [0.2, 0.25) is 0 Å². The fourth-order valence-corrected chi connectivity index (χ4v) is 6.71. The van der Waals surface area contributed by atoms with Crippen LogP contribution in [0.3, 0.4) is 0 Å². The van der Waals surface area contributed by atoms with E-state index in [-0.39, 0.29) is 42.3 Å². The Hall–Kier alpha value is -3.85. The van der Waals surface area contributed by atoms with Gasteiger partial charge in [-0.25, -0.2) is 6.57 Å². The maximum Gasteiger partial charge on any atom is 0.418 e. The van der Waals surface area contributed by atoms with Crippen LogP contribution in [0.1, 0.15) is 42.5 Å². The number of anilines is 2. The molecular weight excluding hydrogens is 559 g/mol. The van der Waals surface area contributed by atoms with Crippen molar-refractivity contribution >= 4 is 17.4 Å². The van der Waals surface area contributed by atoms with Crippen LogP contribution < -0.4 is 14.5 Å². The number of halogens is 3. The number of alkyl halides is 3. The number of ether oxygens (including phenoxy) is 1. The van der Waals surface area contributed by atoms with Crippen molar-refractivity contribution in [3.8, 4) is 6.01 Å². The molecule has 0 radical (unpaired) electrons. The van der Waals surface area contributed by atoms with Crippen LogP contribution in [0, 0.1) is 6.57 Å². The van der Waals surface area contributed by atoms with Crippen molar-refractivity contribution in [2.24, 2.45) is 0 Å². The molecule has 12 heteroatoms. The summed E-state index contributed by atoms with van der Waals surface area (Å²) in [6, 6.07) is 5.52. The average molecular weight is 596 g/mol. The number of nitrogens with zero attached hydrogens (tertiary/aromatic N) is 7. The highest BCUT2D eigenvalue weighted by Gasteiger charge is 2.49. The number of hydrogen-bond donors (Lipinski definition) is 0. The third kappa shape index (κ3) is 5.87. The molecule has 1 aliphatic carbocycles. The highest BCUT2D eigenvalue weighted by atomic mass is 19.4. The van der Waals surface area contributed by atoms with E-state index in [4.69, 9.17) is 21.3 Å². The zero-order valence-corrected chi connectivity index (χ0v) is 24.2. The topological polar surface area (TPSA) is 69.4 Å². The van der Waals surface area contributed by atoms with Crippen molar-refractivity contribution < 1.29 is 22.7 Å². The lowest BCUT2D eigenvalue weighted by Gasteiger charge is -2.41. The third-order valence-electron chi connectivity index (χ3n) is 9.19. The zero-order valence-electron chi connectivity index (χ0n) is 24.2. The van der Waals surface area contributed by atoms with Gasteiger partial charge in [-0.05, 0) is 63.4 Å². The molecule has 2 aromatic rings. The van der Waals surface area contributed by atoms with E-state index in [0.717, 1.165) is 37.6 Å². The summed E-state index contributed by atoms with van der Waals surface area (Å²) in [6.07, 6.45) is 1.73. The predicted molar refractivity (Wildman–Crippen MR) is 156 cm³/mol. The number of piperazine rings is 1. The van der Waals surface area contributed by atoms with Crippen LogP contribution in [0.15, 0.2) is 36.9 Å². The summed E-state index contributed by atoms with van der Waals surface area (Å²) in [6.45, 7) is 15.6. The first-order valence-corrected chi connectivity index (χ1v) is 14.9. The lowest BCUT2D eigenvalue weighted by molar-refractivity contribution is -0.137. The number of carbonyl (C=O) groups is 1.